The summed E-state index contributed by atoms with van der Waals surface area (Å²) < 4.78 is 7.10. The lowest BCUT2D eigenvalue weighted by atomic mass is 10.1. The maximum atomic E-state index is 5.36. The minimum absolute atomic E-state index is 0.660. The van der Waals surface area contributed by atoms with E-state index in [0.717, 1.165) is 67.4 Å². The molecule has 5 nitrogen and oxygen atoms in total. The number of hydrogen-bond donors (Lipinski definition) is 0. The fourth-order valence-corrected chi connectivity index (χ4v) is 8.08. The quantitative estimate of drug-likeness (QED) is 0.204. The van der Waals surface area contributed by atoms with Gasteiger partial charge < -0.3 is 0 Å². The highest BCUT2D eigenvalue weighted by Crippen LogP contribution is 2.46. The number of pyridine rings is 1. The van der Waals surface area contributed by atoms with Crippen molar-refractivity contribution in [1.29, 1.82) is 0 Å². The number of aromatic nitrogens is 5. The number of imidazole rings is 1. The van der Waals surface area contributed by atoms with Gasteiger partial charge in [0.05, 0.1) is 49.1 Å². The summed E-state index contributed by atoms with van der Waals surface area (Å²) in [5.41, 5.74) is 10.5. The monoisotopic (exact) mass is 581 g/mol. The summed E-state index contributed by atoms with van der Waals surface area (Å²) in [6, 6.07) is 35.9. The zero-order chi connectivity index (χ0) is 28.8. The van der Waals surface area contributed by atoms with Crippen LogP contribution in [0.2, 0.25) is 0 Å². The highest BCUT2D eigenvalue weighted by molar-refractivity contribution is 7.26. The molecule has 1 aliphatic rings. The topological polar surface area (TPSA) is 48.0 Å². The van der Waals surface area contributed by atoms with Gasteiger partial charge in [-0.2, -0.15) is 0 Å². The van der Waals surface area contributed by atoms with Gasteiger partial charge in [0.1, 0.15) is 5.65 Å². The largest absolute Gasteiger partial charge is 0.290 e. The van der Waals surface area contributed by atoms with Gasteiger partial charge in [-0.15, -0.1) is 11.3 Å². The Morgan fingerprint density at radius 3 is 2.30 bits per heavy atom. The molecule has 0 saturated carbocycles. The minimum atomic E-state index is 0.660. The summed E-state index contributed by atoms with van der Waals surface area (Å²) in [7, 11) is 0. The lowest BCUT2D eigenvalue weighted by molar-refractivity contribution is 0.975. The average molecular weight is 582 g/mol. The number of para-hydroxylation sites is 3. The van der Waals surface area contributed by atoms with E-state index in [1.165, 1.54) is 20.3 Å². The maximum Gasteiger partial charge on any atom is 0.235 e. The van der Waals surface area contributed by atoms with Crippen LogP contribution in [0, 0.1) is 0 Å². The summed E-state index contributed by atoms with van der Waals surface area (Å²) in [5.74, 6) is 0.660. The van der Waals surface area contributed by atoms with Crippen LogP contribution in [-0.4, -0.2) is 23.9 Å². The predicted molar refractivity (Wildman–Crippen MR) is 184 cm³/mol. The first-order chi connectivity index (χ1) is 21.8. The molecule has 0 bridgehead atoms. The van der Waals surface area contributed by atoms with E-state index in [4.69, 9.17) is 15.0 Å². The Kier molecular flexibility index (Phi) is 4.87. The van der Waals surface area contributed by atoms with Crippen LogP contribution in [0.25, 0.3) is 88.1 Å². The van der Waals surface area contributed by atoms with Gasteiger partial charge in [-0.05, 0) is 36.8 Å². The van der Waals surface area contributed by atoms with E-state index in [0.29, 0.717) is 5.95 Å². The molecule has 1 aliphatic carbocycles. The number of allylic oxidation sites excluding steroid dienone is 2. The van der Waals surface area contributed by atoms with Crippen molar-refractivity contribution in [2.75, 3.05) is 0 Å². The van der Waals surface area contributed by atoms with Crippen LogP contribution < -0.4 is 0 Å². The van der Waals surface area contributed by atoms with E-state index in [1.54, 1.807) is 0 Å². The first-order valence-corrected chi connectivity index (χ1v) is 15.6. The van der Waals surface area contributed by atoms with E-state index in [-0.39, 0.29) is 0 Å². The van der Waals surface area contributed by atoms with E-state index in [2.05, 4.69) is 130 Å². The van der Waals surface area contributed by atoms with Crippen molar-refractivity contribution in [3.8, 4) is 17.2 Å². The maximum absolute atomic E-state index is 5.36. The number of thiophene rings is 1. The summed E-state index contributed by atoms with van der Waals surface area (Å²) in [5, 5.41) is 3.38. The average Bonchev–Trinajstić information content (AvgIpc) is 3.68. The Bertz CT molecular complexity index is 2690. The molecule has 6 heteroatoms. The highest BCUT2D eigenvalue weighted by atomic mass is 32.1. The first-order valence-electron chi connectivity index (χ1n) is 14.8. The molecule has 0 saturated heterocycles. The molecular weight excluding hydrogens is 559 g/mol. The van der Waals surface area contributed by atoms with Crippen molar-refractivity contribution in [1.82, 2.24) is 23.9 Å². The number of nitrogens with zero attached hydrogens (tertiary/aromatic N) is 5. The van der Waals surface area contributed by atoms with Crippen LogP contribution in [0.1, 0.15) is 17.7 Å². The third kappa shape index (κ3) is 3.20. The van der Waals surface area contributed by atoms with E-state index in [9.17, 15) is 0 Å². The highest BCUT2D eigenvalue weighted by Gasteiger charge is 2.27. The Morgan fingerprint density at radius 2 is 1.39 bits per heavy atom. The second-order valence-corrected chi connectivity index (χ2v) is 12.2. The Hall–Kier alpha value is -5.59. The van der Waals surface area contributed by atoms with Gasteiger partial charge in [0.15, 0.2) is 0 Å². The molecule has 0 fully saturated rings. The van der Waals surface area contributed by atoms with Crippen molar-refractivity contribution in [2.24, 2.45) is 0 Å². The number of benzene rings is 4. The van der Waals surface area contributed by atoms with Crippen molar-refractivity contribution in [3.05, 3.63) is 127 Å². The Labute approximate surface area is 255 Å². The molecule has 0 spiro atoms. The van der Waals surface area contributed by atoms with Crippen LogP contribution in [0.5, 0.6) is 0 Å². The van der Waals surface area contributed by atoms with Gasteiger partial charge in [0.25, 0.3) is 0 Å². The molecule has 0 amide bonds. The standard InChI is InChI=1S/C38H23N5S/c1-3-13-23(14-4-1)33-24-15-7-9-18-27(24)40-38(41-33)43-29-20-6-2-5-16-25(29)32-35(43)36-34(26-17-8-12-22-31(26)44-36)42-30-21-11-10-19-28(30)39-37(32)42/h1,3-22H,2H2. The number of hydrogen-bond acceptors (Lipinski definition) is 4. The lowest BCUT2D eigenvalue weighted by Gasteiger charge is -2.13. The van der Waals surface area contributed by atoms with Gasteiger partial charge in [-0.1, -0.05) is 97.1 Å². The molecule has 0 aliphatic heterocycles. The minimum Gasteiger partial charge on any atom is -0.290 e. The van der Waals surface area contributed by atoms with E-state index < -0.39 is 0 Å². The molecule has 5 aromatic heterocycles. The zero-order valence-electron chi connectivity index (χ0n) is 23.5. The molecule has 5 heterocycles. The van der Waals surface area contributed by atoms with Crippen molar-refractivity contribution in [2.45, 2.75) is 6.42 Å². The predicted octanol–water partition coefficient (Wildman–Crippen LogP) is 9.84. The molecule has 0 atom stereocenters. The summed E-state index contributed by atoms with van der Waals surface area (Å²) >= 11 is 1.83. The summed E-state index contributed by atoms with van der Waals surface area (Å²) in [4.78, 5) is 15.9. The Morgan fingerprint density at radius 1 is 0.636 bits per heavy atom. The number of fused-ring (bicyclic) bond motifs is 13. The summed E-state index contributed by atoms with van der Waals surface area (Å²) in [6.07, 6.45) is 9.80. The van der Waals surface area contributed by atoms with Gasteiger partial charge in [0.2, 0.25) is 5.95 Å². The molecule has 9 aromatic rings. The second kappa shape index (κ2) is 8.96. The van der Waals surface area contributed by atoms with Crippen molar-refractivity contribution >= 4 is 82.3 Å². The molecule has 44 heavy (non-hydrogen) atoms. The third-order valence-corrected chi connectivity index (χ3v) is 9.88. The lowest BCUT2D eigenvalue weighted by Crippen LogP contribution is -2.05. The van der Waals surface area contributed by atoms with Crippen LogP contribution in [0.15, 0.2) is 115 Å². The fourth-order valence-electron chi connectivity index (χ4n) is 6.85. The molecule has 0 radical (unpaired) electrons. The molecule has 0 unspecified atom stereocenters. The van der Waals surface area contributed by atoms with Crippen LogP contribution >= 0.6 is 11.3 Å². The van der Waals surface area contributed by atoms with Crippen LogP contribution in [0.4, 0.5) is 0 Å². The van der Waals surface area contributed by atoms with Crippen molar-refractivity contribution < 1.29 is 0 Å². The third-order valence-electron chi connectivity index (χ3n) is 8.71. The molecule has 10 rings (SSSR count). The number of rotatable bonds is 2. The Balaban J connectivity index is 1.47. The van der Waals surface area contributed by atoms with Gasteiger partial charge in [-0.3, -0.25) is 8.97 Å². The summed E-state index contributed by atoms with van der Waals surface area (Å²) in [6.45, 7) is 0. The fraction of sp³-hybridized carbons (Fsp3) is 0.0263. The SMILES string of the molecule is C1=Cc2c(n(-c3nc(-c4ccccc4)c4ccccc4n3)c3c4sc5ccccc5c4n4c5ccccc5nc4c23)C=CC1. The van der Waals surface area contributed by atoms with E-state index in [1.807, 2.05) is 17.4 Å². The molecular formula is C38H23N5S. The molecule has 0 N–H and O–H groups in total. The van der Waals surface area contributed by atoms with Crippen molar-refractivity contribution in [3.63, 3.8) is 0 Å². The first kappa shape index (κ1) is 23.9. The van der Waals surface area contributed by atoms with Gasteiger partial charge in [0, 0.05) is 26.6 Å². The van der Waals surface area contributed by atoms with Crippen LogP contribution in [-0.2, 0) is 0 Å². The molecule has 4 aromatic carbocycles. The van der Waals surface area contributed by atoms with Crippen LogP contribution in [0.3, 0.4) is 0 Å². The molecule has 206 valence electrons. The second-order valence-electron chi connectivity index (χ2n) is 11.2. The van der Waals surface area contributed by atoms with E-state index >= 15 is 0 Å². The van der Waals surface area contributed by atoms with Gasteiger partial charge in [-0.25, -0.2) is 15.0 Å². The zero-order valence-corrected chi connectivity index (χ0v) is 24.3. The smallest absolute Gasteiger partial charge is 0.235 e. The van der Waals surface area contributed by atoms with Gasteiger partial charge >= 0.3 is 0 Å². The normalized spacial score (nSPS) is 13.2.